The summed E-state index contributed by atoms with van der Waals surface area (Å²) < 4.78 is 22.1. The molecule has 172 valence electrons. The van der Waals surface area contributed by atoms with Gasteiger partial charge in [-0.2, -0.15) is 0 Å². The van der Waals surface area contributed by atoms with E-state index in [4.69, 9.17) is 36.3 Å². The van der Waals surface area contributed by atoms with E-state index in [9.17, 15) is 9.59 Å². The van der Waals surface area contributed by atoms with Gasteiger partial charge in [0, 0.05) is 23.4 Å². The fourth-order valence-electron chi connectivity index (χ4n) is 4.12. The van der Waals surface area contributed by atoms with E-state index in [2.05, 4.69) is 0 Å². The molecule has 0 bridgehead atoms. The Balaban J connectivity index is 1.71. The van der Waals surface area contributed by atoms with Crippen LogP contribution >= 0.6 is 11.6 Å². The van der Waals surface area contributed by atoms with Crippen LogP contribution in [0.1, 0.15) is 36.3 Å². The van der Waals surface area contributed by atoms with Crippen LogP contribution in [0.3, 0.4) is 0 Å². The summed E-state index contributed by atoms with van der Waals surface area (Å²) in [6, 6.07) is 12.6. The second-order valence-electron chi connectivity index (χ2n) is 7.74. The predicted octanol–water partition coefficient (Wildman–Crippen LogP) is 4.39. The molecule has 7 nitrogen and oxygen atoms in total. The van der Waals surface area contributed by atoms with Crippen LogP contribution in [0.15, 0.2) is 65.3 Å². The Labute approximate surface area is 196 Å². The third-order valence-corrected chi connectivity index (χ3v) is 5.97. The van der Waals surface area contributed by atoms with Crippen molar-refractivity contribution in [3.05, 3.63) is 81.4 Å². The van der Waals surface area contributed by atoms with Crippen LogP contribution in [-0.4, -0.2) is 26.0 Å². The van der Waals surface area contributed by atoms with Crippen LogP contribution in [0.2, 0.25) is 5.02 Å². The number of methoxy groups -OCH3 is 2. The number of Topliss-reactive ketones (excluding diaryl/α,β-unsaturated/α-hetero) is 1. The first-order chi connectivity index (χ1) is 15.9. The maximum Gasteiger partial charge on any atom is 0.340 e. The Kier molecular flexibility index (Phi) is 6.60. The van der Waals surface area contributed by atoms with Gasteiger partial charge in [-0.15, -0.1) is 0 Å². The van der Waals surface area contributed by atoms with Crippen molar-refractivity contribution in [2.75, 3.05) is 14.2 Å². The number of carbonyl (C=O) groups is 2. The molecule has 8 heteroatoms. The number of ether oxygens (including phenoxy) is 4. The van der Waals surface area contributed by atoms with E-state index in [-0.39, 0.29) is 17.2 Å². The summed E-state index contributed by atoms with van der Waals surface area (Å²) in [6.45, 7) is 0.318. The topological polar surface area (TPSA) is 97.1 Å². The van der Waals surface area contributed by atoms with E-state index in [1.807, 2.05) is 12.1 Å². The lowest BCUT2D eigenvalue weighted by molar-refractivity contribution is -0.136. The van der Waals surface area contributed by atoms with Crippen molar-refractivity contribution in [2.45, 2.75) is 31.8 Å². The molecule has 2 aromatic rings. The average Bonchev–Trinajstić information content (AvgIpc) is 2.82. The molecule has 4 rings (SSSR count). The summed E-state index contributed by atoms with van der Waals surface area (Å²) in [4.78, 5) is 25.5. The van der Waals surface area contributed by atoms with Gasteiger partial charge < -0.3 is 24.7 Å². The summed E-state index contributed by atoms with van der Waals surface area (Å²) in [5, 5.41) is 0.650. The van der Waals surface area contributed by atoms with E-state index in [1.54, 1.807) is 30.3 Å². The Morgan fingerprint density at radius 1 is 1.12 bits per heavy atom. The van der Waals surface area contributed by atoms with Crippen LogP contribution in [0.4, 0.5) is 0 Å². The van der Waals surface area contributed by atoms with Gasteiger partial charge in [0.25, 0.3) is 0 Å². The highest BCUT2D eigenvalue weighted by molar-refractivity contribution is 6.30. The second kappa shape index (κ2) is 9.58. The number of ketones is 1. The van der Waals surface area contributed by atoms with Crippen molar-refractivity contribution < 1.29 is 28.5 Å². The monoisotopic (exact) mass is 469 g/mol. The zero-order chi connectivity index (χ0) is 23.5. The summed E-state index contributed by atoms with van der Waals surface area (Å²) in [7, 11) is 2.79. The summed E-state index contributed by atoms with van der Waals surface area (Å²) in [6.07, 6.45) is 1.63. The molecule has 0 saturated heterocycles. The van der Waals surface area contributed by atoms with Crippen LogP contribution in [0, 0.1) is 0 Å². The summed E-state index contributed by atoms with van der Waals surface area (Å²) >= 11 is 5.94. The number of hydrogen-bond donors (Lipinski definition) is 1. The molecule has 1 aliphatic carbocycles. The van der Waals surface area contributed by atoms with Crippen LogP contribution in [0.5, 0.6) is 11.5 Å². The third kappa shape index (κ3) is 4.54. The molecule has 0 saturated carbocycles. The van der Waals surface area contributed by atoms with Crippen molar-refractivity contribution in [3.8, 4) is 11.5 Å². The molecule has 0 unspecified atom stereocenters. The van der Waals surface area contributed by atoms with Gasteiger partial charge in [0.05, 0.1) is 20.1 Å². The van der Waals surface area contributed by atoms with Gasteiger partial charge in [-0.25, -0.2) is 4.79 Å². The predicted molar refractivity (Wildman–Crippen MR) is 122 cm³/mol. The van der Waals surface area contributed by atoms with Gasteiger partial charge in [-0.1, -0.05) is 29.8 Å². The highest BCUT2D eigenvalue weighted by atomic mass is 35.5. The molecule has 1 heterocycles. The minimum absolute atomic E-state index is 0.0534. The molecular weight excluding hydrogens is 446 g/mol. The SMILES string of the molecule is COC(=O)C1=C(N)OC2=C(C(=O)CCC2)[C@@H]1c1ccc(OCc2ccc(Cl)cc2)c(OC)c1. The molecule has 2 aliphatic rings. The van der Waals surface area contributed by atoms with Gasteiger partial charge in [0.1, 0.15) is 17.9 Å². The van der Waals surface area contributed by atoms with E-state index in [1.165, 1.54) is 14.2 Å². The van der Waals surface area contributed by atoms with Crippen molar-refractivity contribution >= 4 is 23.4 Å². The molecule has 0 spiro atoms. The largest absolute Gasteiger partial charge is 0.493 e. The number of halogens is 1. The number of allylic oxidation sites excluding steroid dienone is 2. The molecule has 2 N–H and O–H groups in total. The second-order valence-corrected chi connectivity index (χ2v) is 8.18. The molecule has 0 aromatic heterocycles. The molecule has 0 amide bonds. The fraction of sp³-hybridized carbons (Fsp3) is 0.280. The molecular formula is C25H24ClNO6. The Morgan fingerprint density at radius 3 is 2.58 bits per heavy atom. The molecule has 2 aromatic carbocycles. The smallest absolute Gasteiger partial charge is 0.340 e. The van der Waals surface area contributed by atoms with E-state index in [0.717, 1.165) is 5.56 Å². The number of hydrogen-bond acceptors (Lipinski definition) is 7. The van der Waals surface area contributed by atoms with Gasteiger partial charge in [-0.3, -0.25) is 4.79 Å². The average molecular weight is 470 g/mol. The van der Waals surface area contributed by atoms with E-state index >= 15 is 0 Å². The van der Waals surface area contributed by atoms with Gasteiger partial charge in [0.2, 0.25) is 5.88 Å². The number of esters is 1. The standard InChI is InChI=1S/C25H24ClNO6/c1-30-20-12-15(8-11-18(20)32-13-14-6-9-16(26)10-7-14)21-22-17(28)4-3-5-19(22)33-24(27)23(21)25(29)31-2/h6-12,21H,3-5,13,27H2,1-2H3/t21-/m0/s1. The Hall–Kier alpha value is -3.45. The first kappa shape index (κ1) is 22.7. The minimum Gasteiger partial charge on any atom is -0.493 e. The van der Waals surface area contributed by atoms with Gasteiger partial charge in [0.15, 0.2) is 17.3 Å². The zero-order valence-electron chi connectivity index (χ0n) is 18.4. The lowest BCUT2D eigenvalue weighted by Crippen LogP contribution is -2.31. The number of carbonyl (C=O) groups excluding carboxylic acids is 2. The lowest BCUT2D eigenvalue weighted by Gasteiger charge is -2.32. The lowest BCUT2D eigenvalue weighted by atomic mass is 9.77. The Bertz CT molecular complexity index is 1150. The van der Waals surface area contributed by atoms with Crippen molar-refractivity contribution in [3.63, 3.8) is 0 Å². The van der Waals surface area contributed by atoms with Crippen LogP contribution < -0.4 is 15.2 Å². The first-order valence-corrected chi connectivity index (χ1v) is 10.9. The normalized spacial score (nSPS) is 17.9. The zero-order valence-corrected chi connectivity index (χ0v) is 19.1. The maximum absolute atomic E-state index is 12.9. The van der Waals surface area contributed by atoms with E-state index in [0.29, 0.717) is 59.3 Å². The third-order valence-electron chi connectivity index (χ3n) is 5.72. The highest BCUT2D eigenvalue weighted by Gasteiger charge is 2.41. The molecule has 0 radical (unpaired) electrons. The van der Waals surface area contributed by atoms with Crippen molar-refractivity contribution in [2.24, 2.45) is 5.73 Å². The van der Waals surface area contributed by atoms with Crippen molar-refractivity contribution in [1.82, 2.24) is 0 Å². The van der Waals surface area contributed by atoms with E-state index < -0.39 is 11.9 Å². The summed E-state index contributed by atoms with van der Waals surface area (Å²) in [5.74, 6) is -0.00854. The molecule has 1 aliphatic heterocycles. The molecule has 33 heavy (non-hydrogen) atoms. The number of nitrogens with two attached hydrogens (primary N) is 1. The molecule has 1 atom stereocenters. The minimum atomic E-state index is -0.715. The maximum atomic E-state index is 12.9. The number of benzene rings is 2. The Morgan fingerprint density at radius 2 is 1.88 bits per heavy atom. The van der Waals surface area contributed by atoms with Crippen LogP contribution in [0.25, 0.3) is 0 Å². The number of rotatable bonds is 6. The highest BCUT2D eigenvalue weighted by Crippen LogP contribution is 2.45. The first-order valence-electron chi connectivity index (χ1n) is 10.5. The summed E-state index contributed by atoms with van der Waals surface area (Å²) in [5.41, 5.74) is 8.24. The van der Waals surface area contributed by atoms with Crippen LogP contribution in [-0.2, 0) is 25.7 Å². The van der Waals surface area contributed by atoms with Crippen molar-refractivity contribution in [1.29, 1.82) is 0 Å². The molecule has 0 fully saturated rings. The fourth-order valence-corrected chi connectivity index (χ4v) is 4.25. The quantitative estimate of drug-likeness (QED) is 0.626. The van der Waals surface area contributed by atoms with Gasteiger partial charge >= 0.3 is 5.97 Å². The van der Waals surface area contributed by atoms with Gasteiger partial charge in [-0.05, 0) is 41.8 Å².